The van der Waals surface area contributed by atoms with Crippen LogP contribution in [-0.2, 0) is 9.47 Å². The quantitative estimate of drug-likeness (QED) is 0.727. The lowest BCUT2D eigenvalue weighted by Crippen LogP contribution is -2.34. The second kappa shape index (κ2) is 5.63. The molecule has 1 saturated heterocycles. The van der Waals surface area contributed by atoms with E-state index >= 15 is 0 Å². The van der Waals surface area contributed by atoms with Gasteiger partial charge in [0.2, 0.25) is 0 Å². The second-order valence-electron chi connectivity index (χ2n) is 3.94. The highest BCUT2D eigenvalue weighted by atomic mass is 32.1. The summed E-state index contributed by atoms with van der Waals surface area (Å²) in [4.78, 5) is 0.526. The van der Waals surface area contributed by atoms with Crippen molar-refractivity contribution in [2.75, 3.05) is 6.61 Å². The van der Waals surface area contributed by atoms with Crippen LogP contribution in [0.5, 0.6) is 0 Å². The van der Waals surface area contributed by atoms with Crippen LogP contribution in [0.1, 0.15) is 33.1 Å². The lowest BCUT2D eigenvalue weighted by Gasteiger charge is -2.31. The highest BCUT2D eigenvalue weighted by Gasteiger charge is 2.24. The maximum atomic E-state index is 5.69. The summed E-state index contributed by atoms with van der Waals surface area (Å²) in [5, 5.41) is 0. The predicted octanol–water partition coefficient (Wildman–Crippen LogP) is 1.64. The van der Waals surface area contributed by atoms with Gasteiger partial charge in [-0.1, -0.05) is 12.2 Å². The Kier molecular flexibility index (Phi) is 4.78. The molecule has 0 radical (unpaired) electrons. The van der Waals surface area contributed by atoms with Gasteiger partial charge < -0.3 is 15.2 Å². The van der Waals surface area contributed by atoms with E-state index in [0.29, 0.717) is 36.3 Å². The number of hydrogen-bond donors (Lipinski definition) is 1. The highest BCUT2D eigenvalue weighted by molar-refractivity contribution is 7.80. The monoisotopic (exact) mass is 217 g/mol. The Bertz CT molecular complexity index is 189. The summed E-state index contributed by atoms with van der Waals surface area (Å²) in [5.74, 6) is 0. The summed E-state index contributed by atoms with van der Waals surface area (Å²) >= 11 is 4.78. The van der Waals surface area contributed by atoms with Crippen molar-refractivity contribution in [3.05, 3.63) is 0 Å². The molecule has 4 heteroatoms. The molecule has 0 aromatic carbocycles. The van der Waals surface area contributed by atoms with E-state index in [9.17, 15) is 0 Å². The minimum Gasteiger partial charge on any atom is -0.393 e. The van der Waals surface area contributed by atoms with Crippen LogP contribution in [0.4, 0.5) is 0 Å². The summed E-state index contributed by atoms with van der Waals surface area (Å²) in [6.07, 6.45) is 3.53. The second-order valence-corrected chi connectivity index (χ2v) is 4.46. The van der Waals surface area contributed by atoms with Crippen molar-refractivity contribution in [3.63, 3.8) is 0 Å². The van der Waals surface area contributed by atoms with Crippen molar-refractivity contribution >= 4 is 17.2 Å². The first kappa shape index (κ1) is 11.9. The summed E-state index contributed by atoms with van der Waals surface area (Å²) in [7, 11) is 0. The summed E-state index contributed by atoms with van der Waals surface area (Å²) in [6, 6.07) is 0. The van der Waals surface area contributed by atoms with Crippen LogP contribution in [0.15, 0.2) is 0 Å². The Morgan fingerprint density at radius 3 is 2.50 bits per heavy atom. The molecule has 82 valence electrons. The van der Waals surface area contributed by atoms with Crippen LogP contribution in [0.3, 0.4) is 0 Å². The normalized spacial score (nSPS) is 32.9. The average Bonchev–Trinajstić information content (AvgIpc) is 2.01. The molecule has 0 bridgehead atoms. The molecule has 2 atom stereocenters. The lowest BCUT2D eigenvalue weighted by atomic mass is 10.0. The zero-order valence-electron chi connectivity index (χ0n) is 8.86. The molecular weight excluding hydrogens is 198 g/mol. The van der Waals surface area contributed by atoms with Gasteiger partial charge in [0.15, 0.2) is 0 Å². The molecule has 0 aromatic rings. The van der Waals surface area contributed by atoms with Crippen LogP contribution >= 0.6 is 12.2 Å². The smallest absolute Gasteiger partial charge is 0.0750 e. The Morgan fingerprint density at radius 2 is 2.00 bits per heavy atom. The third-order valence-corrected chi connectivity index (χ3v) is 2.56. The van der Waals surface area contributed by atoms with Crippen LogP contribution in [0.2, 0.25) is 0 Å². The number of thiocarbonyl (C=S) groups is 1. The maximum absolute atomic E-state index is 5.69. The molecule has 1 aliphatic heterocycles. The molecule has 1 aliphatic rings. The first-order chi connectivity index (χ1) is 6.58. The van der Waals surface area contributed by atoms with Crippen molar-refractivity contribution in [2.24, 2.45) is 5.73 Å². The van der Waals surface area contributed by atoms with E-state index in [1.807, 2.05) is 0 Å². The Hall–Kier alpha value is -0.190. The third kappa shape index (κ3) is 4.35. The molecule has 14 heavy (non-hydrogen) atoms. The first-order valence-electron chi connectivity index (χ1n) is 5.13. The van der Waals surface area contributed by atoms with Crippen molar-refractivity contribution in [1.29, 1.82) is 0 Å². The minimum atomic E-state index is 0.300. The Labute approximate surface area is 90.9 Å². The molecule has 2 N–H and O–H groups in total. The predicted molar refractivity (Wildman–Crippen MR) is 60.4 cm³/mol. The number of hydrogen-bond acceptors (Lipinski definition) is 3. The summed E-state index contributed by atoms with van der Waals surface area (Å²) in [5.41, 5.74) is 5.39. The third-order valence-electron chi connectivity index (χ3n) is 2.36. The largest absolute Gasteiger partial charge is 0.393 e. The van der Waals surface area contributed by atoms with E-state index in [4.69, 9.17) is 27.4 Å². The van der Waals surface area contributed by atoms with E-state index in [1.54, 1.807) is 0 Å². The highest BCUT2D eigenvalue weighted by Crippen LogP contribution is 2.21. The Morgan fingerprint density at radius 1 is 1.43 bits per heavy atom. The van der Waals surface area contributed by atoms with Crippen molar-refractivity contribution < 1.29 is 9.47 Å². The van der Waals surface area contributed by atoms with Crippen LogP contribution < -0.4 is 5.73 Å². The van der Waals surface area contributed by atoms with Gasteiger partial charge >= 0.3 is 0 Å². The fraction of sp³-hybridized carbons (Fsp3) is 0.900. The number of ether oxygens (including phenoxy) is 2. The van der Waals surface area contributed by atoms with Crippen LogP contribution in [-0.4, -0.2) is 29.9 Å². The standard InChI is InChI=1S/C10H19NO2S/c1-7-5-9(6-8(2)13-7)12-4-3-10(11)14/h7-9H,3-6H2,1-2H3,(H2,11,14). The van der Waals surface area contributed by atoms with Crippen molar-refractivity contribution in [2.45, 2.75) is 51.4 Å². The summed E-state index contributed by atoms with van der Waals surface area (Å²) in [6.45, 7) is 4.80. The molecule has 0 spiro atoms. The summed E-state index contributed by atoms with van der Waals surface area (Å²) < 4.78 is 11.3. The topological polar surface area (TPSA) is 44.5 Å². The van der Waals surface area contributed by atoms with E-state index < -0.39 is 0 Å². The van der Waals surface area contributed by atoms with Crippen molar-refractivity contribution in [1.82, 2.24) is 0 Å². The molecule has 1 rings (SSSR count). The molecule has 1 fully saturated rings. The molecule has 0 aliphatic carbocycles. The molecule has 1 heterocycles. The zero-order valence-corrected chi connectivity index (χ0v) is 9.68. The van der Waals surface area contributed by atoms with Crippen LogP contribution in [0, 0.1) is 0 Å². The SMILES string of the molecule is CC1CC(OCCC(N)=S)CC(C)O1. The fourth-order valence-electron chi connectivity index (χ4n) is 1.81. The fourth-order valence-corrected chi connectivity index (χ4v) is 1.89. The molecular formula is C10H19NO2S. The molecule has 0 amide bonds. The van der Waals surface area contributed by atoms with Gasteiger partial charge in [-0.15, -0.1) is 0 Å². The minimum absolute atomic E-state index is 0.300. The van der Waals surface area contributed by atoms with Gasteiger partial charge in [-0.3, -0.25) is 0 Å². The van der Waals surface area contributed by atoms with Gasteiger partial charge in [0.1, 0.15) is 0 Å². The van der Waals surface area contributed by atoms with Crippen molar-refractivity contribution in [3.8, 4) is 0 Å². The van der Waals surface area contributed by atoms with E-state index in [1.165, 1.54) is 0 Å². The molecule has 3 nitrogen and oxygen atoms in total. The zero-order chi connectivity index (χ0) is 10.6. The van der Waals surface area contributed by atoms with Gasteiger partial charge in [-0.25, -0.2) is 0 Å². The van der Waals surface area contributed by atoms with Crippen LogP contribution in [0.25, 0.3) is 0 Å². The Balaban J connectivity index is 2.20. The van der Waals surface area contributed by atoms with Gasteiger partial charge in [-0.05, 0) is 26.7 Å². The molecule has 2 unspecified atom stereocenters. The van der Waals surface area contributed by atoms with E-state index in [2.05, 4.69) is 13.8 Å². The maximum Gasteiger partial charge on any atom is 0.0750 e. The number of rotatable bonds is 4. The average molecular weight is 217 g/mol. The van der Waals surface area contributed by atoms with E-state index in [0.717, 1.165) is 12.8 Å². The molecule has 0 saturated carbocycles. The number of nitrogens with two attached hydrogens (primary N) is 1. The van der Waals surface area contributed by atoms with Gasteiger partial charge in [0, 0.05) is 6.42 Å². The van der Waals surface area contributed by atoms with E-state index in [-0.39, 0.29) is 0 Å². The van der Waals surface area contributed by atoms with Gasteiger partial charge in [-0.2, -0.15) is 0 Å². The van der Waals surface area contributed by atoms with Gasteiger partial charge in [0.05, 0.1) is 29.9 Å². The lowest BCUT2D eigenvalue weighted by molar-refractivity contribution is -0.100. The van der Waals surface area contributed by atoms with Gasteiger partial charge in [0.25, 0.3) is 0 Å². The molecule has 0 aromatic heterocycles. The first-order valence-corrected chi connectivity index (χ1v) is 5.54.